The predicted molar refractivity (Wildman–Crippen MR) is 72.5 cm³/mol. The Morgan fingerprint density at radius 3 is 3.12 bits per heavy atom. The van der Waals surface area contributed by atoms with Gasteiger partial charge in [0.15, 0.2) is 0 Å². The first-order valence-corrected chi connectivity index (χ1v) is 7.15. The molecule has 0 radical (unpaired) electrons. The van der Waals surface area contributed by atoms with Gasteiger partial charge in [0.25, 0.3) is 0 Å². The Balaban J connectivity index is 2.43. The van der Waals surface area contributed by atoms with Crippen LogP contribution < -0.4 is 4.90 Å². The van der Waals surface area contributed by atoms with Gasteiger partial charge in [0.2, 0.25) is 5.91 Å². The summed E-state index contributed by atoms with van der Waals surface area (Å²) in [6, 6.07) is 6.00. The van der Waals surface area contributed by atoms with E-state index in [2.05, 4.69) is 22.9 Å². The molecule has 1 aliphatic heterocycles. The number of benzene rings is 1. The number of halogens is 2. The maximum absolute atomic E-state index is 11.8. The summed E-state index contributed by atoms with van der Waals surface area (Å²) in [5.74, 6) is -0.00301. The average Bonchev–Trinajstić information content (AvgIpc) is 2.27. The molecule has 86 valence electrons. The molecular weight excluding hydrogens is 310 g/mol. The highest BCUT2D eigenvalue weighted by Crippen LogP contribution is 2.39. The van der Waals surface area contributed by atoms with Crippen molar-refractivity contribution in [3.63, 3.8) is 0 Å². The van der Waals surface area contributed by atoms with Gasteiger partial charge < -0.3 is 4.90 Å². The van der Waals surface area contributed by atoms with Crippen LogP contribution in [-0.4, -0.2) is 23.6 Å². The van der Waals surface area contributed by atoms with Gasteiger partial charge >= 0.3 is 0 Å². The topological polar surface area (TPSA) is 20.3 Å². The summed E-state index contributed by atoms with van der Waals surface area (Å²) < 4.78 is 0.980. The summed E-state index contributed by atoms with van der Waals surface area (Å²) in [5, 5.41) is 0.404. The number of rotatable bonds is 1. The maximum atomic E-state index is 11.8. The van der Waals surface area contributed by atoms with Gasteiger partial charge in [0.05, 0.1) is 5.69 Å². The molecule has 0 saturated carbocycles. The van der Waals surface area contributed by atoms with Crippen LogP contribution in [0.4, 0.5) is 5.69 Å². The highest BCUT2D eigenvalue weighted by atomic mass is 79.9. The number of thioether (sulfide) groups is 1. The molecule has 0 fully saturated rings. The van der Waals surface area contributed by atoms with Crippen molar-refractivity contribution < 1.29 is 4.79 Å². The van der Waals surface area contributed by atoms with Crippen molar-refractivity contribution in [1.82, 2.24) is 0 Å². The van der Waals surface area contributed by atoms with Gasteiger partial charge in [0.1, 0.15) is 5.88 Å². The molecule has 1 atom stereocenters. The van der Waals surface area contributed by atoms with Crippen molar-refractivity contribution in [3.05, 3.63) is 22.7 Å². The number of amides is 1. The maximum Gasteiger partial charge on any atom is 0.241 e. The van der Waals surface area contributed by atoms with E-state index in [1.165, 1.54) is 0 Å². The van der Waals surface area contributed by atoms with Gasteiger partial charge in [-0.1, -0.05) is 22.9 Å². The number of fused-ring (bicyclic) bond motifs is 1. The van der Waals surface area contributed by atoms with Gasteiger partial charge in [0, 0.05) is 21.2 Å². The van der Waals surface area contributed by atoms with E-state index < -0.39 is 0 Å². The number of hydrogen-bond acceptors (Lipinski definition) is 2. The summed E-state index contributed by atoms with van der Waals surface area (Å²) in [4.78, 5) is 14.7. The number of carbonyl (C=O) groups is 1. The Bertz CT molecular complexity index is 426. The zero-order chi connectivity index (χ0) is 11.7. The molecular formula is C11H11BrClNOS. The van der Waals surface area contributed by atoms with E-state index in [1.807, 2.05) is 18.2 Å². The third-order valence-electron chi connectivity index (χ3n) is 2.39. The van der Waals surface area contributed by atoms with Crippen LogP contribution in [0.15, 0.2) is 27.6 Å². The highest BCUT2D eigenvalue weighted by Gasteiger charge is 2.26. The lowest BCUT2D eigenvalue weighted by Gasteiger charge is -2.32. The molecule has 1 aliphatic rings. The lowest BCUT2D eigenvalue weighted by molar-refractivity contribution is -0.116. The summed E-state index contributed by atoms with van der Waals surface area (Å²) >= 11 is 10.8. The first kappa shape index (κ1) is 12.3. The van der Waals surface area contributed by atoms with E-state index in [-0.39, 0.29) is 11.8 Å². The molecule has 0 aliphatic carbocycles. The number of anilines is 1. The Labute approximate surface area is 112 Å². The molecule has 16 heavy (non-hydrogen) atoms. The van der Waals surface area contributed by atoms with Gasteiger partial charge in [-0.25, -0.2) is 0 Å². The van der Waals surface area contributed by atoms with Crippen molar-refractivity contribution in [3.8, 4) is 0 Å². The molecule has 2 nitrogen and oxygen atoms in total. The summed E-state index contributed by atoms with van der Waals surface area (Å²) in [6.07, 6.45) is 0. The largest absolute Gasteiger partial charge is 0.309 e. The Hall–Kier alpha value is -0.190. The van der Waals surface area contributed by atoms with Crippen LogP contribution in [0.5, 0.6) is 0 Å². The number of hydrogen-bond donors (Lipinski definition) is 0. The zero-order valence-corrected chi connectivity index (χ0v) is 11.9. The Morgan fingerprint density at radius 1 is 1.69 bits per heavy atom. The lowest BCUT2D eigenvalue weighted by Crippen LogP contribution is -2.39. The van der Waals surface area contributed by atoms with Crippen molar-refractivity contribution in [1.29, 1.82) is 0 Å². The predicted octanol–water partition coefficient (Wildman–Crippen LogP) is 3.52. The minimum Gasteiger partial charge on any atom is -0.309 e. The normalized spacial score (nSPS) is 19.4. The van der Waals surface area contributed by atoms with Crippen molar-refractivity contribution in [2.75, 3.05) is 17.3 Å². The second-order valence-corrected chi connectivity index (χ2v) is 6.34. The average molecular weight is 321 g/mol. The molecule has 1 aromatic rings. The van der Waals surface area contributed by atoms with Gasteiger partial charge in [-0.3, -0.25) is 4.79 Å². The van der Waals surface area contributed by atoms with Crippen LogP contribution in [0.1, 0.15) is 6.92 Å². The first-order valence-electron chi connectivity index (χ1n) is 4.94. The lowest BCUT2D eigenvalue weighted by atomic mass is 10.2. The molecule has 1 heterocycles. The standard InChI is InChI=1S/C11H11BrClNOS/c1-7-6-14(11(15)5-13)9-4-8(12)2-3-10(9)16-7/h2-4,7H,5-6H2,1H3. The molecule has 0 aromatic heterocycles. The van der Waals surface area contributed by atoms with Gasteiger partial charge in [-0.2, -0.15) is 0 Å². The summed E-state index contributed by atoms with van der Waals surface area (Å²) in [6.45, 7) is 2.84. The van der Waals surface area contributed by atoms with Crippen LogP contribution >= 0.6 is 39.3 Å². The van der Waals surface area contributed by atoms with Crippen molar-refractivity contribution >= 4 is 50.9 Å². The van der Waals surface area contributed by atoms with Crippen LogP contribution in [0.2, 0.25) is 0 Å². The van der Waals surface area contributed by atoms with Gasteiger partial charge in [-0.15, -0.1) is 23.4 Å². The molecule has 1 aromatic carbocycles. The molecule has 0 spiro atoms. The van der Waals surface area contributed by atoms with E-state index >= 15 is 0 Å². The van der Waals surface area contributed by atoms with E-state index in [0.29, 0.717) is 5.25 Å². The van der Waals surface area contributed by atoms with E-state index in [4.69, 9.17) is 11.6 Å². The fourth-order valence-electron chi connectivity index (χ4n) is 1.72. The second-order valence-electron chi connectivity index (χ2n) is 3.68. The second kappa shape index (κ2) is 4.98. The monoisotopic (exact) mass is 319 g/mol. The highest BCUT2D eigenvalue weighted by molar-refractivity contribution is 9.10. The summed E-state index contributed by atoms with van der Waals surface area (Å²) in [7, 11) is 0. The molecule has 2 rings (SSSR count). The zero-order valence-electron chi connectivity index (χ0n) is 8.74. The van der Waals surface area contributed by atoms with Crippen LogP contribution in [0, 0.1) is 0 Å². The fourth-order valence-corrected chi connectivity index (χ4v) is 3.31. The molecule has 0 saturated heterocycles. The van der Waals surface area contributed by atoms with Gasteiger partial charge in [-0.05, 0) is 18.2 Å². The Kier molecular flexibility index (Phi) is 3.82. The third-order valence-corrected chi connectivity index (χ3v) is 4.27. The molecule has 5 heteroatoms. The fraction of sp³-hybridized carbons (Fsp3) is 0.364. The summed E-state index contributed by atoms with van der Waals surface area (Å²) in [5.41, 5.74) is 0.961. The van der Waals surface area contributed by atoms with Crippen molar-refractivity contribution in [2.45, 2.75) is 17.1 Å². The smallest absolute Gasteiger partial charge is 0.241 e. The van der Waals surface area contributed by atoms with Crippen molar-refractivity contribution in [2.24, 2.45) is 0 Å². The molecule has 0 bridgehead atoms. The molecule has 0 N–H and O–H groups in total. The van der Waals surface area contributed by atoms with Crippen LogP contribution in [0.25, 0.3) is 0 Å². The SMILES string of the molecule is CC1CN(C(=O)CCl)c2cc(Br)ccc2S1. The van der Waals surface area contributed by atoms with Crippen LogP contribution in [-0.2, 0) is 4.79 Å². The number of carbonyl (C=O) groups excluding carboxylic acids is 1. The quantitative estimate of drug-likeness (QED) is 0.738. The number of alkyl halides is 1. The minimum atomic E-state index is -0.0341. The van der Waals surface area contributed by atoms with E-state index in [0.717, 1.165) is 21.6 Å². The molecule has 1 unspecified atom stereocenters. The van der Waals surface area contributed by atoms with E-state index in [1.54, 1.807) is 16.7 Å². The minimum absolute atomic E-state index is 0.0311. The first-order chi connectivity index (χ1) is 7.61. The number of nitrogens with zero attached hydrogens (tertiary/aromatic N) is 1. The molecule has 1 amide bonds. The van der Waals surface area contributed by atoms with Crippen LogP contribution in [0.3, 0.4) is 0 Å². The Morgan fingerprint density at radius 2 is 2.44 bits per heavy atom. The van der Waals surface area contributed by atoms with E-state index in [9.17, 15) is 4.79 Å². The third kappa shape index (κ3) is 2.39.